The molecule has 2 N–H and O–H groups in total. The van der Waals surface area contributed by atoms with Gasteiger partial charge in [0.2, 0.25) is 0 Å². The van der Waals surface area contributed by atoms with Gasteiger partial charge >= 0.3 is 0 Å². The zero-order chi connectivity index (χ0) is 13.0. The minimum atomic E-state index is -0.269. The molecule has 1 aromatic carbocycles. The fraction of sp³-hybridized carbons (Fsp3) is 0.571. The Kier molecular flexibility index (Phi) is 4.55. The summed E-state index contributed by atoms with van der Waals surface area (Å²) in [5.41, 5.74) is 6.55. The van der Waals surface area contributed by atoms with Crippen LogP contribution in [0, 0.1) is 5.82 Å². The first-order valence-corrected chi connectivity index (χ1v) is 6.57. The van der Waals surface area contributed by atoms with Gasteiger partial charge in [0.05, 0.1) is 0 Å². The molecule has 1 saturated heterocycles. The quantitative estimate of drug-likeness (QED) is 0.874. The molecule has 100 valence electrons. The molecule has 0 bridgehead atoms. The first-order valence-electron chi connectivity index (χ1n) is 6.57. The summed E-state index contributed by atoms with van der Waals surface area (Å²) in [6, 6.07) is 4.31. The molecule has 1 atom stereocenters. The molecule has 0 aliphatic carbocycles. The molecule has 18 heavy (non-hydrogen) atoms. The summed E-state index contributed by atoms with van der Waals surface area (Å²) in [6.45, 7) is 5.71. The fourth-order valence-electron chi connectivity index (χ4n) is 2.30. The van der Waals surface area contributed by atoms with Crippen molar-refractivity contribution in [1.29, 1.82) is 0 Å². The summed E-state index contributed by atoms with van der Waals surface area (Å²) in [6.07, 6.45) is 2.56. The molecule has 1 aliphatic heterocycles. The molecule has 1 heterocycles. The Morgan fingerprint density at radius 3 is 2.78 bits per heavy atom. The minimum absolute atomic E-state index is 0.220. The molecule has 0 spiro atoms. The lowest BCUT2D eigenvalue weighted by Crippen LogP contribution is -2.25. The van der Waals surface area contributed by atoms with E-state index in [0.29, 0.717) is 12.4 Å². The van der Waals surface area contributed by atoms with Crippen LogP contribution in [0.25, 0.3) is 0 Å². The molecule has 0 amide bonds. The van der Waals surface area contributed by atoms with E-state index in [1.54, 1.807) is 6.07 Å². The highest BCUT2D eigenvalue weighted by Gasteiger charge is 2.13. The number of benzene rings is 1. The average Bonchev–Trinajstić information content (AvgIpc) is 2.84. The van der Waals surface area contributed by atoms with E-state index in [1.165, 1.54) is 25.0 Å². The lowest BCUT2D eigenvalue weighted by Gasteiger charge is -2.17. The molecule has 3 nitrogen and oxygen atoms in total. The Hall–Kier alpha value is -1.13. The van der Waals surface area contributed by atoms with Crippen molar-refractivity contribution in [2.75, 3.05) is 26.2 Å². The van der Waals surface area contributed by atoms with Crippen molar-refractivity contribution in [2.45, 2.75) is 25.8 Å². The molecule has 2 rings (SSSR count). The number of rotatable bonds is 5. The van der Waals surface area contributed by atoms with Gasteiger partial charge in [-0.2, -0.15) is 0 Å². The van der Waals surface area contributed by atoms with E-state index in [1.807, 2.05) is 6.92 Å². The molecular weight excluding hydrogens is 231 g/mol. The summed E-state index contributed by atoms with van der Waals surface area (Å²) in [5, 5.41) is 0. The molecule has 1 aromatic rings. The number of halogens is 1. The monoisotopic (exact) mass is 252 g/mol. The molecule has 1 fully saturated rings. The second-order valence-corrected chi connectivity index (χ2v) is 4.87. The number of likely N-dealkylation sites (tertiary alicyclic amines) is 1. The molecule has 0 unspecified atom stereocenters. The predicted octanol–water partition coefficient (Wildman–Crippen LogP) is 2.32. The van der Waals surface area contributed by atoms with Gasteiger partial charge in [-0.1, -0.05) is 0 Å². The van der Waals surface area contributed by atoms with Crippen molar-refractivity contribution in [3.8, 4) is 5.75 Å². The summed E-state index contributed by atoms with van der Waals surface area (Å²) in [4.78, 5) is 2.38. The highest BCUT2D eigenvalue weighted by Crippen LogP contribution is 2.24. The standard InChI is InChI=1S/C14H21FN2O/c1-11(16)13-10-12(15)4-5-14(13)18-9-8-17-6-2-3-7-17/h4-5,10-11H,2-3,6-9,16H2,1H3/t11-/m0/s1. The van der Waals surface area contributed by atoms with Gasteiger partial charge in [-0.3, -0.25) is 4.90 Å². The van der Waals surface area contributed by atoms with Crippen LogP contribution in [0.15, 0.2) is 18.2 Å². The zero-order valence-corrected chi connectivity index (χ0v) is 10.9. The maximum Gasteiger partial charge on any atom is 0.124 e. The summed E-state index contributed by atoms with van der Waals surface area (Å²) < 4.78 is 18.9. The molecule has 1 aliphatic rings. The number of nitrogens with zero attached hydrogens (tertiary/aromatic N) is 1. The smallest absolute Gasteiger partial charge is 0.124 e. The molecule has 0 aromatic heterocycles. The van der Waals surface area contributed by atoms with E-state index in [9.17, 15) is 4.39 Å². The van der Waals surface area contributed by atoms with Gasteiger partial charge in [-0.05, 0) is 51.1 Å². The van der Waals surface area contributed by atoms with Crippen molar-refractivity contribution in [2.24, 2.45) is 5.73 Å². The van der Waals surface area contributed by atoms with Crippen LogP contribution in [-0.2, 0) is 0 Å². The van der Waals surface area contributed by atoms with E-state index in [0.717, 1.165) is 25.2 Å². The van der Waals surface area contributed by atoms with Gasteiger partial charge < -0.3 is 10.5 Å². The SMILES string of the molecule is C[C@H](N)c1cc(F)ccc1OCCN1CCCC1. The third kappa shape index (κ3) is 3.43. The highest BCUT2D eigenvalue weighted by atomic mass is 19.1. The normalized spacial score (nSPS) is 17.9. The zero-order valence-electron chi connectivity index (χ0n) is 10.9. The van der Waals surface area contributed by atoms with Gasteiger partial charge in [0, 0.05) is 18.2 Å². The maximum absolute atomic E-state index is 13.2. The highest BCUT2D eigenvalue weighted by molar-refractivity contribution is 5.36. The van der Waals surface area contributed by atoms with Crippen LogP contribution in [-0.4, -0.2) is 31.1 Å². The van der Waals surface area contributed by atoms with Crippen LogP contribution in [0.4, 0.5) is 4.39 Å². The van der Waals surface area contributed by atoms with Gasteiger partial charge in [0.1, 0.15) is 18.2 Å². The van der Waals surface area contributed by atoms with Crippen LogP contribution in [0.3, 0.4) is 0 Å². The second kappa shape index (κ2) is 6.16. The van der Waals surface area contributed by atoms with Crippen LogP contribution in [0.2, 0.25) is 0 Å². The molecule has 4 heteroatoms. The number of ether oxygens (including phenoxy) is 1. The Labute approximate surface area is 108 Å². The van der Waals surface area contributed by atoms with Crippen LogP contribution >= 0.6 is 0 Å². The summed E-state index contributed by atoms with van der Waals surface area (Å²) in [7, 11) is 0. The Morgan fingerprint density at radius 2 is 2.11 bits per heavy atom. The number of hydrogen-bond acceptors (Lipinski definition) is 3. The van der Waals surface area contributed by atoms with Crippen molar-refractivity contribution in [1.82, 2.24) is 4.90 Å². The fourth-order valence-corrected chi connectivity index (χ4v) is 2.30. The van der Waals surface area contributed by atoms with Gasteiger partial charge in [-0.25, -0.2) is 4.39 Å². The van der Waals surface area contributed by atoms with Crippen molar-refractivity contribution in [3.05, 3.63) is 29.6 Å². The van der Waals surface area contributed by atoms with Crippen molar-refractivity contribution in [3.63, 3.8) is 0 Å². The van der Waals surface area contributed by atoms with Crippen molar-refractivity contribution < 1.29 is 9.13 Å². The van der Waals surface area contributed by atoms with Gasteiger partial charge in [-0.15, -0.1) is 0 Å². The Balaban J connectivity index is 1.91. The minimum Gasteiger partial charge on any atom is -0.492 e. The number of hydrogen-bond donors (Lipinski definition) is 1. The first kappa shape index (κ1) is 13.3. The predicted molar refractivity (Wildman–Crippen MR) is 70.2 cm³/mol. The average molecular weight is 252 g/mol. The van der Waals surface area contributed by atoms with Gasteiger partial charge in [0.25, 0.3) is 0 Å². The molecule has 0 radical (unpaired) electrons. The van der Waals surface area contributed by atoms with Gasteiger partial charge in [0.15, 0.2) is 0 Å². The van der Waals surface area contributed by atoms with E-state index in [2.05, 4.69) is 4.90 Å². The lowest BCUT2D eigenvalue weighted by molar-refractivity contribution is 0.235. The first-order chi connectivity index (χ1) is 8.66. The second-order valence-electron chi connectivity index (χ2n) is 4.87. The summed E-state index contributed by atoms with van der Waals surface area (Å²) in [5.74, 6) is 0.430. The van der Waals surface area contributed by atoms with Crippen LogP contribution in [0.1, 0.15) is 31.4 Å². The molecule has 0 saturated carbocycles. The maximum atomic E-state index is 13.2. The van der Waals surface area contributed by atoms with E-state index in [4.69, 9.17) is 10.5 Å². The molecular formula is C14H21FN2O. The topological polar surface area (TPSA) is 38.5 Å². The summed E-state index contributed by atoms with van der Waals surface area (Å²) >= 11 is 0. The van der Waals surface area contributed by atoms with E-state index in [-0.39, 0.29) is 11.9 Å². The lowest BCUT2D eigenvalue weighted by atomic mass is 10.1. The third-order valence-electron chi connectivity index (χ3n) is 3.33. The van der Waals surface area contributed by atoms with Crippen LogP contribution < -0.4 is 10.5 Å². The van der Waals surface area contributed by atoms with E-state index >= 15 is 0 Å². The largest absolute Gasteiger partial charge is 0.492 e. The Morgan fingerprint density at radius 1 is 1.39 bits per heavy atom. The van der Waals surface area contributed by atoms with Crippen LogP contribution in [0.5, 0.6) is 5.75 Å². The third-order valence-corrected chi connectivity index (χ3v) is 3.33. The Bertz CT molecular complexity index is 389. The van der Waals surface area contributed by atoms with Crippen molar-refractivity contribution >= 4 is 0 Å². The van der Waals surface area contributed by atoms with E-state index < -0.39 is 0 Å². The number of nitrogens with two attached hydrogens (primary N) is 1.